The van der Waals surface area contributed by atoms with Crippen molar-refractivity contribution in [2.45, 2.75) is 0 Å². The molecule has 0 unspecified atom stereocenters. The molecule has 0 aliphatic heterocycles. The van der Waals surface area contributed by atoms with Gasteiger partial charge in [0.05, 0.1) is 27.1 Å². The first-order valence-electron chi connectivity index (χ1n) is 4.00. The molecule has 3 nitrogen and oxygen atoms in total. The van der Waals surface area contributed by atoms with Gasteiger partial charge in [-0.15, -0.1) is 0 Å². The van der Waals surface area contributed by atoms with Crippen LogP contribution in [0.4, 0.5) is 0 Å². The largest absolute Gasteiger partial charge is 0.277 e. The number of hydrogen-bond donors (Lipinski definition) is 1. The summed E-state index contributed by atoms with van der Waals surface area (Å²) in [6.45, 7) is 0. The van der Waals surface area contributed by atoms with Crippen molar-refractivity contribution < 1.29 is 0 Å². The number of aromatic nitrogens is 2. The minimum absolute atomic E-state index is 0.660. The van der Waals surface area contributed by atoms with Crippen molar-refractivity contribution in [1.82, 2.24) is 10.2 Å². The fourth-order valence-corrected chi connectivity index (χ4v) is 1.79. The molecule has 0 radical (unpaired) electrons. The van der Waals surface area contributed by atoms with E-state index in [-0.39, 0.29) is 0 Å². The van der Waals surface area contributed by atoms with Gasteiger partial charge < -0.3 is 0 Å². The Labute approximate surface area is 94.9 Å². The second kappa shape index (κ2) is 3.80. The third-order valence-electron chi connectivity index (χ3n) is 1.87. The predicted molar refractivity (Wildman–Crippen MR) is 61.5 cm³/mol. The average Bonchev–Trinajstić information content (AvgIpc) is 2.65. The van der Waals surface area contributed by atoms with Gasteiger partial charge in [0.2, 0.25) is 0 Å². The van der Waals surface area contributed by atoms with E-state index in [1.165, 1.54) is 0 Å². The molecule has 0 saturated carbocycles. The van der Waals surface area contributed by atoms with Gasteiger partial charge in [0, 0.05) is 5.56 Å². The van der Waals surface area contributed by atoms with Gasteiger partial charge in [-0.05, 0) is 34.7 Å². The van der Waals surface area contributed by atoms with Gasteiger partial charge in [-0.1, -0.05) is 12.1 Å². The van der Waals surface area contributed by atoms with Gasteiger partial charge in [0.1, 0.15) is 0 Å². The molecule has 0 atom stereocenters. The summed E-state index contributed by atoms with van der Waals surface area (Å²) in [5, 5.41) is 15.6. The normalized spacial score (nSPS) is 9.71. The number of nitrogens with zero attached hydrogens (tertiary/aromatic N) is 2. The molecule has 1 heterocycles. The second-order valence-electron chi connectivity index (χ2n) is 2.79. The third-order valence-corrected chi connectivity index (χ3v) is 2.69. The van der Waals surface area contributed by atoms with Crippen molar-refractivity contribution in [1.29, 1.82) is 5.26 Å². The standard InChI is InChI=1S/C10H6IN3/c11-9-6-13-14-10(9)8-3-1-2-7(4-8)5-12/h1-4,6H,(H,13,14). The summed E-state index contributed by atoms with van der Waals surface area (Å²) >= 11 is 2.21. The molecule has 4 heteroatoms. The van der Waals surface area contributed by atoms with E-state index in [4.69, 9.17) is 5.26 Å². The molecule has 14 heavy (non-hydrogen) atoms. The summed E-state index contributed by atoms with van der Waals surface area (Å²) in [6.07, 6.45) is 1.76. The summed E-state index contributed by atoms with van der Waals surface area (Å²) in [4.78, 5) is 0. The lowest BCUT2D eigenvalue weighted by molar-refractivity contribution is 1.10. The molecule has 2 aromatic rings. The Morgan fingerprint density at radius 2 is 2.29 bits per heavy atom. The summed E-state index contributed by atoms with van der Waals surface area (Å²) < 4.78 is 1.05. The van der Waals surface area contributed by atoms with Crippen LogP contribution in [0.5, 0.6) is 0 Å². The zero-order valence-electron chi connectivity index (χ0n) is 7.16. The number of halogens is 1. The van der Waals surface area contributed by atoms with Gasteiger partial charge in [-0.3, -0.25) is 5.10 Å². The van der Waals surface area contributed by atoms with Crippen molar-refractivity contribution in [2.75, 3.05) is 0 Å². The van der Waals surface area contributed by atoms with Crippen LogP contribution in [-0.4, -0.2) is 10.2 Å². The number of rotatable bonds is 1. The Balaban J connectivity index is 2.53. The van der Waals surface area contributed by atoms with Gasteiger partial charge in [-0.25, -0.2) is 0 Å². The molecule has 68 valence electrons. The maximum Gasteiger partial charge on any atom is 0.0991 e. The van der Waals surface area contributed by atoms with Crippen LogP contribution in [0.2, 0.25) is 0 Å². The highest BCUT2D eigenvalue weighted by Gasteiger charge is 2.04. The van der Waals surface area contributed by atoms with Crippen LogP contribution in [0.1, 0.15) is 5.56 Å². The lowest BCUT2D eigenvalue weighted by Gasteiger charge is -1.98. The first-order valence-corrected chi connectivity index (χ1v) is 5.08. The van der Waals surface area contributed by atoms with E-state index in [0.29, 0.717) is 5.56 Å². The van der Waals surface area contributed by atoms with Crippen LogP contribution in [0, 0.1) is 14.9 Å². The molecule has 2 rings (SSSR count). The smallest absolute Gasteiger partial charge is 0.0991 e. The summed E-state index contributed by atoms with van der Waals surface area (Å²) in [5.74, 6) is 0. The molecule has 1 N–H and O–H groups in total. The lowest BCUT2D eigenvalue weighted by Crippen LogP contribution is -1.82. The van der Waals surface area contributed by atoms with Crippen LogP contribution in [-0.2, 0) is 0 Å². The topological polar surface area (TPSA) is 52.5 Å². The zero-order valence-corrected chi connectivity index (χ0v) is 9.32. The van der Waals surface area contributed by atoms with Crippen molar-refractivity contribution in [3.63, 3.8) is 0 Å². The lowest BCUT2D eigenvalue weighted by atomic mass is 10.1. The van der Waals surface area contributed by atoms with Crippen LogP contribution < -0.4 is 0 Å². The van der Waals surface area contributed by atoms with Crippen LogP contribution in [0.15, 0.2) is 30.5 Å². The van der Waals surface area contributed by atoms with Gasteiger partial charge in [0.25, 0.3) is 0 Å². The molecule has 0 saturated heterocycles. The Bertz CT molecular complexity index is 496. The summed E-state index contributed by atoms with van der Waals surface area (Å²) in [5.41, 5.74) is 2.61. The maximum absolute atomic E-state index is 8.75. The molecule has 0 aliphatic rings. The van der Waals surface area contributed by atoms with Crippen LogP contribution in [0.3, 0.4) is 0 Å². The monoisotopic (exact) mass is 295 g/mol. The predicted octanol–water partition coefficient (Wildman–Crippen LogP) is 2.55. The Hall–Kier alpha value is -1.35. The number of aromatic amines is 1. The number of hydrogen-bond acceptors (Lipinski definition) is 2. The zero-order chi connectivity index (χ0) is 9.97. The number of nitrogens with one attached hydrogen (secondary N) is 1. The minimum Gasteiger partial charge on any atom is -0.277 e. The van der Waals surface area contributed by atoms with Gasteiger partial charge in [-0.2, -0.15) is 10.4 Å². The van der Waals surface area contributed by atoms with E-state index < -0.39 is 0 Å². The fraction of sp³-hybridized carbons (Fsp3) is 0. The molecular formula is C10H6IN3. The Morgan fingerprint density at radius 1 is 1.43 bits per heavy atom. The van der Waals surface area contributed by atoms with Gasteiger partial charge >= 0.3 is 0 Å². The van der Waals surface area contributed by atoms with Crippen molar-refractivity contribution in [3.05, 3.63) is 39.6 Å². The van der Waals surface area contributed by atoms with Crippen molar-refractivity contribution in [3.8, 4) is 17.3 Å². The Kier molecular flexibility index (Phi) is 2.50. The van der Waals surface area contributed by atoms with E-state index in [9.17, 15) is 0 Å². The maximum atomic E-state index is 8.75. The Morgan fingerprint density at radius 3 is 2.93 bits per heavy atom. The molecule has 0 bridgehead atoms. The van der Waals surface area contributed by atoms with E-state index in [1.807, 2.05) is 18.2 Å². The summed E-state index contributed by atoms with van der Waals surface area (Å²) in [6, 6.07) is 9.56. The van der Waals surface area contributed by atoms with Crippen LogP contribution >= 0.6 is 22.6 Å². The third kappa shape index (κ3) is 1.63. The van der Waals surface area contributed by atoms with Crippen molar-refractivity contribution >= 4 is 22.6 Å². The molecule has 0 amide bonds. The van der Waals surface area contributed by atoms with E-state index in [2.05, 4.69) is 38.9 Å². The molecular weight excluding hydrogens is 289 g/mol. The minimum atomic E-state index is 0.660. The quantitative estimate of drug-likeness (QED) is 0.822. The first kappa shape index (κ1) is 9.21. The summed E-state index contributed by atoms with van der Waals surface area (Å²) in [7, 11) is 0. The SMILES string of the molecule is N#Cc1cccc(-c2[nH]ncc2I)c1. The highest BCUT2D eigenvalue weighted by Crippen LogP contribution is 2.22. The molecule has 0 fully saturated rings. The van der Waals surface area contributed by atoms with E-state index in [1.54, 1.807) is 12.3 Å². The second-order valence-corrected chi connectivity index (χ2v) is 3.95. The van der Waals surface area contributed by atoms with Gasteiger partial charge in [0.15, 0.2) is 0 Å². The van der Waals surface area contributed by atoms with E-state index >= 15 is 0 Å². The fourth-order valence-electron chi connectivity index (χ4n) is 1.22. The highest BCUT2D eigenvalue weighted by atomic mass is 127. The number of nitriles is 1. The van der Waals surface area contributed by atoms with Crippen molar-refractivity contribution in [2.24, 2.45) is 0 Å². The number of benzene rings is 1. The van der Waals surface area contributed by atoms with Crippen LogP contribution in [0.25, 0.3) is 11.3 Å². The molecule has 1 aromatic carbocycles. The highest BCUT2D eigenvalue weighted by molar-refractivity contribution is 14.1. The number of H-pyrrole nitrogens is 1. The molecule has 0 aliphatic carbocycles. The average molecular weight is 295 g/mol. The van der Waals surface area contributed by atoms with E-state index in [0.717, 1.165) is 14.8 Å². The molecule has 1 aromatic heterocycles. The first-order chi connectivity index (χ1) is 6.81. The molecule has 0 spiro atoms.